The summed E-state index contributed by atoms with van der Waals surface area (Å²) in [6.45, 7) is 7.19. The summed E-state index contributed by atoms with van der Waals surface area (Å²) in [5, 5.41) is 10.6. The molecular formula is C72H140O17P2. The van der Waals surface area contributed by atoms with Gasteiger partial charge >= 0.3 is 39.5 Å². The van der Waals surface area contributed by atoms with Crippen molar-refractivity contribution in [2.24, 2.45) is 5.92 Å². The van der Waals surface area contributed by atoms with Crippen molar-refractivity contribution in [1.29, 1.82) is 0 Å². The second-order valence-electron chi connectivity index (χ2n) is 26.5. The van der Waals surface area contributed by atoms with Gasteiger partial charge in [0.25, 0.3) is 0 Å². The van der Waals surface area contributed by atoms with E-state index in [1.807, 2.05) is 0 Å². The highest BCUT2D eigenvalue weighted by Crippen LogP contribution is 2.45. The van der Waals surface area contributed by atoms with Gasteiger partial charge in [-0.3, -0.25) is 37.3 Å². The lowest BCUT2D eigenvalue weighted by Gasteiger charge is -2.21. The van der Waals surface area contributed by atoms with Crippen LogP contribution in [0.4, 0.5) is 0 Å². The minimum atomic E-state index is -4.95. The van der Waals surface area contributed by atoms with Crippen LogP contribution in [-0.2, 0) is 65.4 Å². The Bertz CT molecular complexity index is 1750. The maximum Gasteiger partial charge on any atom is 0.472 e. The second kappa shape index (κ2) is 65.4. The minimum absolute atomic E-state index is 0.107. The summed E-state index contributed by atoms with van der Waals surface area (Å²) in [5.74, 6) is -1.44. The van der Waals surface area contributed by atoms with Crippen LogP contribution in [0.5, 0.6) is 0 Å². The molecule has 91 heavy (non-hydrogen) atoms. The Hall–Kier alpha value is -1.94. The number of phosphoric acid groups is 2. The molecule has 5 atom stereocenters. The van der Waals surface area contributed by atoms with E-state index in [-0.39, 0.29) is 25.7 Å². The van der Waals surface area contributed by atoms with E-state index in [0.29, 0.717) is 31.6 Å². The first-order valence-electron chi connectivity index (χ1n) is 37.6. The average Bonchev–Trinajstić information content (AvgIpc) is 3.72. The maximum absolute atomic E-state index is 13.0. The fourth-order valence-corrected chi connectivity index (χ4v) is 12.6. The molecule has 0 heterocycles. The standard InChI is InChI=1S/C72H140O17P2/c1-6-9-12-15-18-21-24-27-29-30-32-35-38-41-48-53-58-72(77)88-67(61-82-69(74)55-50-45-39-36-34-31-28-25-22-19-16-13-10-7-2)63-86-90(78,79)84-59-66(73)60-85-91(80,81)87-64-68(62-83-70(75)56-51-46-43-42-44-49-54-65(4)5)89-71(76)57-52-47-40-37-33-26-23-20-17-14-11-8-3/h65-68,73H,6-64H2,1-5H3,(H,78,79)(H,80,81)/t66-,67-,68-/m1/s1. The Kier molecular flexibility index (Phi) is 64.0. The molecule has 17 nitrogen and oxygen atoms in total. The lowest BCUT2D eigenvalue weighted by Crippen LogP contribution is -2.30. The van der Waals surface area contributed by atoms with Gasteiger partial charge in [0, 0.05) is 25.7 Å². The van der Waals surface area contributed by atoms with Gasteiger partial charge in [-0.2, -0.15) is 0 Å². The van der Waals surface area contributed by atoms with E-state index in [2.05, 4.69) is 34.6 Å². The Morgan fingerprint density at radius 1 is 0.297 bits per heavy atom. The van der Waals surface area contributed by atoms with Gasteiger partial charge in [-0.1, -0.05) is 324 Å². The molecule has 0 amide bonds. The third-order valence-corrected chi connectivity index (χ3v) is 18.7. The molecule has 0 aromatic rings. The molecule has 3 N–H and O–H groups in total. The molecule has 0 spiro atoms. The molecule has 0 fully saturated rings. The zero-order valence-corrected chi connectivity index (χ0v) is 60.8. The molecule has 0 aromatic heterocycles. The zero-order chi connectivity index (χ0) is 67.0. The van der Waals surface area contributed by atoms with Crippen LogP contribution in [0.3, 0.4) is 0 Å². The van der Waals surface area contributed by atoms with Crippen LogP contribution < -0.4 is 0 Å². The fourth-order valence-electron chi connectivity index (χ4n) is 11.0. The number of aliphatic hydroxyl groups is 1. The van der Waals surface area contributed by atoms with Gasteiger partial charge in [-0.05, 0) is 31.6 Å². The molecule has 19 heteroatoms. The van der Waals surface area contributed by atoms with Gasteiger partial charge in [0.1, 0.15) is 19.3 Å². The summed E-state index contributed by atoms with van der Waals surface area (Å²) in [6, 6.07) is 0. The largest absolute Gasteiger partial charge is 0.472 e. The van der Waals surface area contributed by atoms with Crippen molar-refractivity contribution in [3.63, 3.8) is 0 Å². The van der Waals surface area contributed by atoms with E-state index in [1.54, 1.807) is 0 Å². The molecule has 0 rings (SSSR count). The van der Waals surface area contributed by atoms with E-state index < -0.39 is 97.5 Å². The fraction of sp³-hybridized carbons (Fsp3) is 0.944. The summed E-state index contributed by atoms with van der Waals surface area (Å²) < 4.78 is 68.3. The summed E-state index contributed by atoms with van der Waals surface area (Å²) >= 11 is 0. The highest BCUT2D eigenvalue weighted by atomic mass is 31.2. The number of esters is 4. The highest BCUT2D eigenvalue weighted by Gasteiger charge is 2.30. The van der Waals surface area contributed by atoms with Crippen LogP contribution in [0.15, 0.2) is 0 Å². The summed E-state index contributed by atoms with van der Waals surface area (Å²) in [7, 11) is -9.90. The third kappa shape index (κ3) is 66.5. The molecule has 2 unspecified atom stereocenters. The smallest absolute Gasteiger partial charge is 0.462 e. The Morgan fingerprint density at radius 3 is 0.747 bits per heavy atom. The number of unbranched alkanes of at least 4 members (excludes halogenated alkanes) is 44. The van der Waals surface area contributed by atoms with Gasteiger partial charge in [-0.25, -0.2) is 9.13 Å². The van der Waals surface area contributed by atoms with Crippen molar-refractivity contribution in [1.82, 2.24) is 0 Å². The van der Waals surface area contributed by atoms with E-state index in [0.717, 1.165) is 96.3 Å². The summed E-state index contributed by atoms with van der Waals surface area (Å²) in [4.78, 5) is 72.6. The molecule has 0 aliphatic rings. The summed E-state index contributed by atoms with van der Waals surface area (Å²) in [6.07, 6.45) is 52.7. The van der Waals surface area contributed by atoms with Crippen LogP contribution in [0.2, 0.25) is 0 Å². The first-order chi connectivity index (χ1) is 44.0. The molecular weight excluding hydrogens is 1200 g/mol. The average molecular weight is 1340 g/mol. The van der Waals surface area contributed by atoms with Gasteiger partial charge in [0.05, 0.1) is 26.4 Å². The van der Waals surface area contributed by atoms with Crippen LogP contribution in [0.1, 0.15) is 375 Å². The molecule has 0 aliphatic carbocycles. The van der Waals surface area contributed by atoms with E-state index in [9.17, 15) is 43.2 Å². The normalized spacial score (nSPS) is 14.0. The van der Waals surface area contributed by atoms with Crippen molar-refractivity contribution in [3.05, 3.63) is 0 Å². The summed E-state index contributed by atoms with van der Waals surface area (Å²) in [5.41, 5.74) is 0. The van der Waals surface area contributed by atoms with Crippen molar-refractivity contribution in [2.75, 3.05) is 39.6 Å². The minimum Gasteiger partial charge on any atom is -0.462 e. The number of hydrogen-bond donors (Lipinski definition) is 3. The predicted octanol–water partition coefficient (Wildman–Crippen LogP) is 20.9. The molecule has 0 saturated heterocycles. The number of carbonyl (C=O) groups is 4. The van der Waals surface area contributed by atoms with Crippen LogP contribution in [0.25, 0.3) is 0 Å². The molecule has 0 radical (unpaired) electrons. The van der Waals surface area contributed by atoms with Crippen molar-refractivity contribution in [3.8, 4) is 0 Å². The first-order valence-corrected chi connectivity index (χ1v) is 40.6. The number of rotatable bonds is 72. The molecule has 0 aromatic carbocycles. The molecule has 0 saturated carbocycles. The lowest BCUT2D eigenvalue weighted by molar-refractivity contribution is -0.161. The SMILES string of the molecule is CCCCCCCCCCCCCCCCCCC(=O)O[C@H](COC(=O)CCCCCCCCCCCCCCCC)COP(=O)(O)OC[C@@H](O)COP(=O)(O)OC[C@@H](COC(=O)CCCCCCCCC(C)C)OC(=O)CCCCCCCCCCCCCC. The first kappa shape index (κ1) is 89.1. The highest BCUT2D eigenvalue weighted by molar-refractivity contribution is 7.47. The van der Waals surface area contributed by atoms with Crippen molar-refractivity contribution >= 4 is 39.5 Å². The zero-order valence-electron chi connectivity index (χ0n) is 59.0. The predicted molar refractivity (Wildman–Crippen MR) is 368 cm³/mol. The third-order valence-electron chi connectivity index (χ3n) is 16.8. The molecule has 0 bridgehead atoms. The van der Waals surface area contributed by atoms with E-state index in [1.165, 1.54) is 193 Å². The molecule has 0 aliphatic heterocycles. The van der Waals surface area contributed by atoms with Crippen molar-refractivity contribution < 1.29 is 80.2 Å². The van der Waals surface area contributed by atoms with Gasteiger partial charge in [0.2, 0.25) is 0 Å². The van der Waals surface area contributed by atoms with Crippen molar-refractivity contribution in [2.45, 2.75) is 393 Å². The van der Waals surface area contributed by atoms with Gasteiger partial charge in [0.15, 0.2) is 12.2 Å². The van der Waals surface area contributed by atoms with Gasteiger partial charge in [-0.15, -0.1) is 0 Å². The number of hydrogen-bond acceptors (Lipinski definition) is 15. The number of ether oxygens (including phenoxy) is 4. The monoisotopic (exact) mass is 1340 g/mol. The van der Waals surface area contributed by atoms with Crippen LogP contribution >= 0.6 is 15.6 Å². The van der Waals surface area contributed by atoms with Crippen LogP contribution in [-0.4, -0.2) is 96.7 Å². The van der Waals surface area contributed by atoms with E-state index in [4.69, 9.17) is 37.0 Å². The maximum atomic E-state index is 13.0. The van der Waals surface area contributed by atoms with E-state index >= 15 is 0 Å². The number of phosphoric ester groups is 2. The lowest BCUT2D eigenvalue weighted by atomic mass is 10.0. The number of aliphatic hydroxyl groups excluding tert-OH is 1. The van der Waals surface area contributed by atoms with Gasteiger partial charge < -0.3 is 33.8 Å². The Labute approximate surface area is 556 Å². The topological polar surface area (TPSA) is 237 Å². The molecule has 540 valence electrons. The Morgan fingerprint density at radius 2 is 0.505 bits per heavy atom. The Balaban J connectivity index is 5.23. The number of carbonyl (C=O) groups excluding carboxylic acids is 4. The van der Waals surface area contributed by atoms with Crippen LogP contribution in [0, 0.1) is 5.92 Å². The quantitative estimate of drug-likeness (QED) is 0.0222. The second-order valence-corrected chi connectivity index (χ2v) is 29.4.